The van der Waals surface area contributed by atoms with Crippen molar-refractivity contribution >= 4 is 20.8 Å². The van der Waals surface area contributed by atoms with E-state index >= 15 is 0 Å². The van der Waals surface area contributed by atoms with Gasteiger partial charge in [0.25, 0.3) is 0 Å². The van der Waals surface area contributed by atoms with Gasteiger partial charge in [-0.3, -0.25) is 0 Å². The van der Waals surface area contributed by atoms with Crippen molar-refractivity contribution in [3.05, 3.63) is 76.5 Å². The monoisotopic (exact) mass is 302 g/mol. The van der Waals surface area contributed by atoms with Crippen LogP contribution in [0.4, 0.5) is 0 Å². The first-order valence-corrected chi connectivity index (χ1v) is 7.72. The molecule has 0 aliphatic heterocycles. The van der Waals surface area contributed by atoms with Crippen molar-refractivity contribution < 1.29 is 12.8 Å². The van der Waals surface area contributed by atoms with E-state index in [9.17, 15) is 13.2 Å². The van der Waals surface area contributed by atoms with E-state index in [1.54, 1.807) is 31.2 Å². The van der Waals surface area contributed by atoms with Crippen LogP contribution in [-0.4, -0.2) is 8.42 Å². The summed E-state index contributed by atoms with van der Waals surface area (Å²) < 4.78 is 30.1. The normalized spacial score (nSPS) is 12.9. The fraction of sp³-hybridized carbons (Fsp3) is 0.0625. The lowest BCUT2D eigenvalue weighted by Gasteiger charge is -2.05. The molecule has 0 N–H and O–H groups in total. The van der Waals surface area contributed by atoms with E-state index in [4.69, 9.17) is 4.42 Å². The van der Waals surface area contributed by atoms with E-state index in [0.717, 1.165) is 0 Å². The number of fused-ring (bicyclic) bond motifs is 1. The molecule has 108 valence electrons. The van der Waals surface area contributed by atoms with Crippen LogP contribution in [-0.2, 0) is 9.84 Å². The van der Waals surface area contributed by atoms with Gasteiger partial charge < -0.3 is 4.42 Å². The second-order valence-electron chi connectivity index (χ2n) is 4.23. The molecule has 4 nitrogen and oxygen atoms in total. The summed E-state index contributed by atoms with van der Waals surface area (Å²) in [6.07, 6.45) is 5.76. The van der Waals surface area contributed by atoms with Crippen molar-refractivity contribution in [3.63, 3.8) is 0 Å². The third kappa shape index (κ3) is 2.87. The number of hydrogen-bond donors (Lipinski definition) is 0. The van der Waals surface area contributed by atoms with E-state index in [1.807, 2.05) is 0 Å². The Hall–Kier alpha value is -2.40. The molecule has 5 heteroatoms. The molecule has 1 aromatic heterocycles. The zero-order valence-corrected chi connectivity index (χ0v) is 12.3. The number of benzene rings is 1. The highest BCUT2D eigenvalue weighted by Gasteiger charge is 2.23. The molecule has 0 unspecified atom stereocenters. The number of hydrogen-bond acceptors (Lipinski definition) is 4. The van der Waals surface area contributed by atoms with Crippen molar-refractivity contribution in [1.82, 2.24) is 0 Å². The highest BCUT2D eigenvalue weighted by atomic mass is 32.2. The Balaban J connectivity index is 2.70. The second kappa shape index (κ2) is 5.93. The molecular formula is C16H14O4S. The van der Waals surface area contributed by atoms with Crippen LogP contribution in [0.1, 0.15) is 6.92 Å². The van der Waals surface area contributed by atoms with Gasteiger partial charge in [-0.15, -0.1) is 0 Å². The fourth-order valence-corrected chi connectivity index (χ4v) is 3.23. The van der Waals surface area contributed by atoms with Gasteiger partial charge in [0.15, 0.2) is 4.90 Å². The second-order valence-corrected chi connectivity index (χ2v) is 6.14. The number of rotatable bonds is 4. The first-order chi connectivity index (χ1) is 10.0. The van der Waals surface area contributed by atoms with Crippen molar-refractivity contribution in [2.45, 2.75) is 11.8 Å². The minimum absolute atomic E-state index is 0.0185. The number of para-hydroxylation sites is 1. The maximum absolute atomic E-state index is 12.5. The molecule has 0 bridgehead atoms. The van der Waals surface area contributed by atoms with Crippen molar-refractivity contribution in [2.24, 2.45) is 0 Å². The molecular weight excluding hydrogens is 288 g/mol. The lowest BCUT2D eigenvalue weighted by atomic mass is 10.2. The minimum Gasteiger partial charge on any atom is -0.422 e. The average Bonchev–Trinajstić information content (AvgIpc) is 2.47. The summed E-state index contributed by atoms with van der Waals surface area (Å²) in [5, 5.41) is 0.554. The molecule has 0 atom stereocenters. The minimum atomic E-state index is -3.93. The number of sulfone groups is 1. The van der Waals surface area contributed by atoms with E-state index in [0.29, 0.717) is 11.0 Å². The summed E-state index contributed by atoms with van der Waals surface area (Å²) in [7, 11) is -3.93. The molecule has 0 fully saturated rings. The smallest absolute Gasteiger partial charge is 0.355 e. The van der Waals surface area contributed by atoms with E-state index in [1.165, 1.54) is 30.4 Å². The summed E-state index contributed by atoms with van der Waals surface area (Å²) in [4.78, 5) is 11.6. The van der Waals surface area contributed by atoms with Gasteiger partial charge in [-0.1, -0.05) is 43.0 Å². The predicted octanol–water partition coefficient (Wildman–Crippen LogP) is 3.21. The summed E-state index contributed by atoms with van der Waals surface area (Å²) in [6.45, 7) is 5.08. The van der Waals surface area contributed by atoms with Gasteiger partial charge in [-0.05, 0) is 25.1 Å². The Bertz CT molecular complexity index is 899. The molecule has 0 radical (unpaired) electrons. The Labute approximate surface area is 122 Å². The van der Waals surface area contributed by atoms with E-state index < -0.39 is 15.5 Å². The molecule has 1 aromatic carbocycles. The molecule has 0 aliphatic rings. The van der Waals surface area contributed by atoms with Gasteiger partial charge in [0.2, 0.25) is 9.84 Å². The van der Waals surface area contributed by atoms with Crippen LogP contribution in [0.15, 0.2) is 80.2 Å². The fourth-order valence-electron chi connectivity index (χ4n) is 1.86. The van der Waals surface area contributed by atoms with Crippen LogP contribution >= 0.6 is 0 Å². The molecule has 21 heavy (non-hydrogen) atoms. The molecule has 2 rings (SSSR count). The quantitative estimate of drug-likeness (QED) is 0.642. The molecule has 0 saturated carbocycles. The summed E-state index contributed by atoms with van der Waals surface area (Å²) in [5.74, 6) is 0. The SMILES string of the molecule is C=C/C=C\C(=C/C)S(=O)(=O)c1cc2ccccc2oc1=O. The number of allylic oxidation sites excluding steroid dienone is 4. The zero-order chi connectivity index (χ0) is 15.5. The third-order valence-electron chi connectivity index (χ3n) is 2.89. The van der Waals surface area contributed by atoms with Gasteiger partial charge in [-0.2, -0.15) is 0 Å². The van der Waals surface area contributed by atoms with Crippen LogP contribution in [0.25, 0.3) is 11.0 Å². The molecule has 0 spiro atoms. The van der Waals surface area contributed by atoms with Crippen LogP contribution in [0.3, 0.4) is 0 Å². The highest BCUT2D eigenvalue weighted by molar-refractivity contribution is 7.95. The molecule has 2 aromatic rings. The van der Waals surface area contributed by atoms with Crippen LogP contribution in [0.5, 0.6) is 0 Å². The van der Waals surface area contributed by atoms with E-state index in [2.05, 4.69) is 6.58 Å². The van der Waals surface area contributed by atoms with Crippen LogP contribution < -0.4 is 5.63 Å². The van der Waals surface area contributed by atoms with Gasteiger partial charge >= 0.3 is 5.63 Å². The Kier molecular flexibility index (Phi) is 4.23. The van der Waals surface area contributed by atoms with Crippen LogP contribution in [0, 0.1) is 0 Å². The van der Waals surface area contributed by atoms with Crippen molar-refractivity contribution in [3.8, 4) is 0 Å². The lowest BCUT2D eigenvalue weighted by Crippen LogP contribution is -2.15. The zero-order valence-electron chi connectivity index (χ0n) is 11.4. The lowest BCUT2D eigenvalue weighted by molar-refractivity contribution is 0.534. The Morgan fingerprint density at radius 1 is 1.29 bits per heavy atom. The maximum Gasteiger partial charge on any atom is 0.355 e. The molecule has 0 amide bonds. The van der Waals surface area contributed by atoms with Gasteiger partial charge in [0.05, 0.1) is 4.91 Å². The predicted molar refractivity (Wildman–Crippen MR) is 82.8 cm³/mol. The summed E-state index contributed by atoms with van der Waals surface area (Å²) in [6, 6.07) is 8.09. The average molecular weight is 302 g/mol. The molecule has 1 heterocycles. The molecule has 0 saturated heterocycles. The first kappa shape index (κ1) is 15.0. The van der Waals surface area contributed by atoms with Gasteiger partial charge in [-0.25, -0.2) is 13.2 Å². The Morgan fingerprint density at radius 2 is 2.00 bits per heavy atom. The topological polar surface area (TPSA) is 64.3 Å². The van der Waals surface area contributed by atoms with Crippen molar-refractivity contribution in [1.29, 1.82) is 0 Å². The largest absolute Gasteiger partial charge is 0.422 e. The standard InChI is InChI=1S/C16H14O4S/c1-3-5-9-13(4-2)21(18,19)15-11-12-8-6-7-10-14(12)20-16(15)17/h3-11H,1H2,2H3/b9-5-,13-4+. The van der Waals surface area contributed by atoms with Crippen molar-refractivity contribution in [2.75, 3.05) is 0 Å². The van der Waals surface area contributed by atoms with Gasteiger partial charge in [0.1, 0.15) is 5.58 Å². The third-order valence-corrected chi connectivity index (χ3v) is 4.75. The maximum atomic E-state index is 12.5. The van der Waals surface area contributed by atoms with Gasteiger partial charge in [0, 0.05) is 5.39 Å². The summed E-state index contributed by atoms with van der Waals surface area (Å²) in [5.41, 5.74) is -0.523. The summed E-state index contributed by atoms with van der Waals surface area (Å²) >= 11 is 0. The highest BCUT2D eigenvalue weighted by Crippen LogP contribution is 2.21. The molecule has 0 aliphatic carbocycles. The van der Waals surface area contributed by atoms with Crippen LogP contribution in [0.2, 0.25) is 0 Å². The van der Waals surface area contributed by atoms with E-state index in [-0.39, 0.29) is 9.80 Å². The first-order valence-electron chi connectivity index (χ1n) is 6.24. The Morgan fingerprint density at radius 3 is 2.67 bits per heavy atom.